The van der Waals surface area contributed by atoms with E-state index in [0.29, 0.717) is 13.2 Å². The molecule has 2 aromatic rings. The molecule has 0 unspecified atom stereocenters. The summed E-state index contributed by atoms with van der Waals surface area (Å²) in [4.78, 5) is 0.134. The van der Waals surface area contributed by atoms with Crippen LogP contribution in [0.5, 0.6) is 5.75 Å². The van der Waals surface area contributed by atoms with Gasteiger partial charge in [0, 0.05) is 16.6 Å². The van der Waals surface area contributed by atoms with Gasteiger partial charge >= 0.3 is 0 Å². The number of nitrogens with two attached hydrogens (primary N) is 1. The van der Waals surface area contributed by atoms with Gasteiger partial charge in [-0.25, -0.2) is 13.6 Å². The highest BCUT2D eigenvalue weighted by Crippen LogP contribution is 2.23. The molecule has 0 saturated carbocycles. The quantitative estimate of drug-likeness (QED) is 0.653. The van der Waals surface area contributed by atoms with Gasteiger partial charge in [-0.2, -0.15) is 0 Å². The first-order valence-electron chi connectivity index (χ1n) is 7.64. The Morgan fingerprint density at radius 2 is 1.88 bits per heavy atom. The van der Waals surface area contributed by atoms with E-state index in [2.05, 4.69) is 21.2 Å². The zero-order valence-electron chi connectivity index (χ0n) is 13.5. The first kappa shape index (κ1) is 18.9. The lowest BCUT2D eigenvalue weighted by Crippen LogP contribution is -2.17. The van der Waals surface area contributed by atoms with E-state index < -0.39 is 10.0 Å². The van der Waals surface area contributed by atoms with E-state index >= 15 is 0 Å². The van der Waals surface area contributed by atoms with Crippen molar-refractivity contribution < 1.29 is 13.2 Å². The van der Waals surface area contributed by atoms with Crippen molar-refractivity contribution >= 4 is 26.0 Å². The van der Waals surface area contributed by atoms with Gasteiger partial charge in [0.2, 0.25) is 10.0 Å². The molecule has 0 fully saturated rings. The van der Waals surface area contributed by atoms with Crippen molar-refractivity contribution in [1.82, 2.24) is 5.32 Å². The summed E-state index contributed by atoms with van der Waals surface area (Å²) in [6.45, 7) is 4.06. The summed E-state index contributed by atoms with van der Waals surface area (Å²) in [5.74, 6) is 0.880. The molecule has 0 aromatic heterocycles. The number of rotatable bonds is 8. The van der Waals surface area contributed by atoms with Gasteiger partial charge in [-0.05, 0) is 55.8 Å². The Bertz CT molecular complexity index is 777. The van der Waals surface area contributed by atoms with Gasteiger partial charge in [0.15, 0.2) is 0 Å². The second-order valence-electron chi connectivity index (χ2n) is 5.30. The summed E-state index contributed by atoms with van der Waals surface area (Å²) in [6.07, 6.45) is 0.795. The summed E-state index contributed by atoms with van der Waals surface area (Å²) >= 11 is 3.47. The number of halogens is 1. The molecule has 0 amide bonds. The molecule has 0 aliphatic rings. The smallest absolute Gasteiger partial charge is 0.238 e. The lowest BCUT2D eigenvalue weighted by molar-refractivity contribution is 0.335. The molecule has 0 saturated heterocycles. The molecule has 2 rings (SSSR count). The third-order valence-corrected chi connectivity index (χ3v) is 4.90. The molecule has 2 aromatic carbocycles. The fraction of sp³-hybridized carbons (Fsp3) is 0.294. The summed E-state index contributed by atoms with van der Waals surface area (Å²) in [5, 5.41) is 8.47. The van der Waals surface area contributed by atoms with Crippen LogP contribution in [0.3, 0.4) is 0 Å². The second kappa shape index (κ2) is 8.62. The number of ether oxygens (including phenoxy) is 1. The summed E-state index contributed by atoms with van der Waals surface area (Å²) in [7, 11) is -3.63. The van der Waals surface area contributed by atoms with Crippen molar-refractivity contribution in [3.05, 3.63) is 58.1 Å². The monoisotopic (exact) mass is 412 g/mol. The molecular formula is C17H21BrN2O3S. The highest BCUT2D eigenvalue weighted by Gasteiger charge is 2.07. The van der Waals surface area contributed by atoms with Gasteiger partial charge in [-0.15, -0.1) is 0 Å². The van der Waals surface area contributed by atoms with Crippen LogP contribution < -0.4 is 15.2 Å². The van der Waals surface area contributed by atoms with Crippen LogP contribution in [0.4, 0.5) is 0 Å². The Hall–Kier alpha value is -1.41. The van der Waals surface area contributed by atoms with Crippen LogP contribution in [0.15, 0.2) is 51.8 Å². The van der Waals surface area contributed by atoms with Gasteiger partial charge in [0.1, 0.15) is 5.75 Å². The van der Waals surface area contributed by atoms with Gasteiger partial charge in [-0.1, -0.05) is 28.1 Å². The number of hydrogen-bond acceptors (Lipinski definition) is 4. The number of hydrogen-bond donors (Lipinski definition) is 2. The zero-order chi connectivity index (χ0) is 17.6. The Morgan fingerprint density at radius 1 is 1.17 bits per heavy atom. The Labute approximate surface area is 151 Å². The van der Waals surface area contributed by atoms with E-state index in [1.54, 1.807) is 12.1 Å². The van der Waals surface area contributed by atoms with Crippen LogP contribution in [-0.4, -0.2) is 21.6 Å². The minimum Gasteiger partial charge on any atom is -0.494 e. The first-order chi connectivity index (χ1) is 11.4. The maximum Gasteiger partial charge on any atom is 0.238 e. The van der Waals surface area contributed by atoms with Crippen LogP contribution in [0, 0.1) is 0 Å². The highest BCUT2D eigenvalue weighted by atomic mass is 79.9. The van der Waals surface area contributed by atoms with Crippen molar-refractivity contribution in [3.8, 4) is 5.75 Å². The highest BCUT2D eigenvalue weighted by molar-refractivity contribution is 9.10. The molecule has 0 aliphatic heterocycles. The van der Waals surface area contributed by atoms with E-state index in [-0.39, 0.29) is 4.90 Å². The predicted molar refractivity (Wildman–Crippen MR) is 98.5 cm³/mol. The lowest BCUT2D eigenvalue weighted by atomic mass is 10.1. The largest absolute Gasteiger partial charge is 0.494 e. The van der Waals surface area contributed by atoms with Crippen molar-refractivity contribution in [3.63, 3.8) is 0 Å². The molecule has 0 heterocycles. The molecule has 0 radical (unpaired) electrons. The van der Waals surface area contributed by atoms with E-state index in [9.17, 15) is 8.42 Å². The van der Waals surface area contributed by atoms with Gasteiger partial charge < -0.3 is 10.1 Å². The minimum absolute atomic E-state index is 0.134. The van der Waals surface area contributed by atoms with E-state index in [1.165, 1.54) is 12.1 Å². The third-order valence-electron chi connectivity index (χ3n) is 3.48. The molecule has 5 nitrogen and oxygen atoms in total. The van der Waals surface area contributed by atoms with Crippen molar-refractivity contribution in [2.24, 2.45) is 5.14 Å². The molecule has 0 bridgehead atoms. The predicted octanol–water partition coefficient (Wildman–Crippen LogP) is 2.83. The van der Waals surface area contributed by atoms with Crippen molar-refractivity contribution in [1.29, 1.82) is 0 Å². The summed E-state index contributed by atoms with van der Waals surface area (Å²) in [6, 6.07) is 12.6. The number of nitrogens with one attached hydrogen (secondary N) is 1. The first-order valence-corrected chi connectivity index (χ1v) is 9.97. The Kier molecular flexibility index (Phi) is 6.79. The zero-order valence-corrected chi connectivity index (χ0v) is 15.9. The number of sulfonamides is 1. The van der Waals surface area contributed by atoms with Crippen molar-refractivity contribution in [2.45, 2.75) is 24.8 Å². The molecular weight excluding hydrogens is 392 g/mol. The normalized spacial score (nSPS) is 11.5. The van der Waals surface area contributed by atoms with Gasteiger partial charge in [-0.3, -0.25) is 0 Å². The van der Waals surface area contributed by atoms with Crippen LogP contribution in [0.2, 0.25) is 0 Å². The fourth-order valence-corrected chi connectivity index (χ4v) is 3.21. The molecule has 130 valence electrons. The molecule has 0 atom stereocenters. The molecule has 24 heavy (non-hydrogen) atoms. The molecule has 3 N–H and O–H groups in total. The minimum atomic E-state index is -3.63. The summed E-state index contributed by atoms with van der Waals surface area (Å²) < 4.78 is 29.1. The standard InChI is InChI=1S/C17H21BrN2O3S/c1-2-23-17-8-5-15(18)11-14(17)12-20-10-9-13-3-6-16(7-4-13)24(19,21)22/h3-8,11,20H,2,9-10,12H2,1H3,(H2,19,21,22). The van der Waals surface area contributed by atoms with E-state index in [0.717, 1.165) is 34.3 Å². The fourth-order valence-electron chi connectivity index (χ4n) is 2.28. The van der Waals surface area contributed by atoms with Gasteiger partial charge in [0.05, 0.1) is 11.5 Å². The molecule has 0 aliphatic carbocycles. The van der Waals surface area contributed by atoms with Crippen LogP contribution in [0.1, 0.15) is 18.1 Å². The van der Waals surface area contributed by atoms with Gasteiger partial charge in [0.25, 0.3) is 0 Å². The maximum atomic E-state index is 11.2. The van der Waals surface area contributed by atoms with Crippen molar-refractivity contribution in [2.75, 3.05) is 13.2 Å². The van der Waals surface area contributed by atoms with Crippen LogP contribution in [-0.2, 0) is 23.0 Å². The Morgan fingerprint density at radius 3 is 2.50 bits per heavy atom. The second-order valence-corrected chi connectivity index (χ2v) is 7.78. The van der Waals surface area contributed by atoms with E-state index in [4.69, 9.17) is 9.88 Å². The summed E-state index contributed by atoms with van der Waals surface area (Å²) in [5.41, 5.74) is 2.14. The van der Waals surface area contributed by atoms with Crippen LogP contribution in [0.25, 0.3) is 0 Å². The molecule has 0 spiro atoms. The Balaban J connectivity index is 1.88. The number of primary sulfonamides is 1. The maximum absolute atomic E-state index is 11.2. The average molecular weight is 413 g/mol. The van der Waals surface area contributed by atoms with Crippen LogP contribution >= 0.6 is 15.9 Å². The molecule has 7 heteroatoms. The number of benzene rings is 2. The average Bonchev–Trinajstić information content (AvgIpc) is 2.53. The third kappa shape index (κ3) is 5.59. The lowest BCUT2D eigenvalue weighted by Gasteiger charge is -2.12. The SMILES string of the molecule is CCOc1ccc(Br)cc1CNCCc1ccc(S(N)(=O)=O)cc1. The van der Waals surface area contributed by atoms with E-state index in [1.807, 2.05) is 25.1 Å². The topological polar surface area (TPSA) is 81.4 Å².